The second kappa shape index (κ2) is 11.8. The van der Waals surface area contributed by atoms with Crippen LogP contribution in [-0.2, 0) is 17.8 Å². The molecule has 0 saturated heterocycles. The number of pyridine rings is 1. The summed E-state index contributed by atoms with van der Waals surface area (Å²) in [5.41, 5.74) is 2.93. The number of nitro benzene ring substituents is 1. The van der Waals surface area contributed by atoms with E-state index in [1.54, 1.807) is 18.3 Å². The maximum absolute atomic E-state index is 14.2. The highest BCUT2D eigenvalue weighted by Crippen LogP contribution is 2.34. The summed E-state index contributed by atoms with van der Waals surface area (Å²) in [6.45, 7) is 2.33. The number of benzene rings is 2. The van der Waals surface area contributed by atoms with E-state index < -0.39 is 10.5 Å². The molecule has 2 atom stereocenters. The predicted octanol–water partition coefficient (Wildman–Crippen LogP) is 6.00. The van der Waals surface area contributed by atoms with Crippen molar-refractivity contribution in [3.8, 4) is 0 Å². The highest BCUT2D eigenvalue weighted by molar-refractivity contribution is 5.89. The maximum atomic E-state index is 14.2. The molecule has 1 saturated carbocycles. The molecule has 8 heteroatoms. The predicted molar refractivity (Wildman–Crippen MR) is 152 cm³/mol. The second-order valence-electron chi connectivity index (χ2n) is 10.7. The number of aromatic amines is 1. The number of carbonyl (C=O) groups is 1. The van der Waals surface area contributed by atoms with Crippen LogP contribution in [0.25, 0.3) is 10.9 Å². The monoisotopic (exact) mass is 525 g/mol. The highest BCUT2D eigenvalue weighted by atomic mass is 16.6. The topological polar surface area (TPSA) is 113 Å². The van der Waals surface area contributed by atoms with Gasteiger partial charge in [0.1, 0.15) is 0 Å². The summed E-state index contributed by atoms with van der Waals surface area (Å²) < 4.78 is 0. The molecule has 1 unspecified atom stereocenters. The number of carbonyl (C=O) groups excluding carboxylic acids is 1. The van der Waals surface area contributed by atoms with Crippen LogP contribution in [0.5, 0.6) is 0 Å². The van der Waals surface area contributed by atoms with Crippen LogP contribution >= 0.6 is 0 Å². The van der Waals surface area contributed by atoms with Gasteiger partial charge < -0.3 is 10.3 Å². The van der Waals surface area contributed by atoms with Crippen molar-refractivity contribution >= 4 is 22.5 Å². The van der Waals surface area contributed by atoms with Gasteiger partial charge in [-0.2, -0.15) is 0 Å². The van der Waals surface area contributed by atoms with Crippen LogP contribution in [0.1, 0.15) is 61.9 Å². The number of nitrogens with zero attached hydrogens (tertiary/aromatic N) is 2. The molecule has 2 aromatic heterocycles. The average Bonchev–Trinajstić information content (AvgIpc) is 3.38. The first-order valence-electron chi connectivity index (χ1n) is 13.7. The zero-order valence-electron chi connectivity index (χ0n) is 22.2. The largest absolute Gasteiger partial charge is 0.361 e. The van der Waals surface area contributed by atoms with E-state index in [0.29, 0.717) is 18.9 Å². The standard InChI is InChI=1S/C31H35N5O3/c1-31(19-24-21-33-27-12-6-5-11-26(24)27,34-20-22-14-16-25(17-15-22)36(38)39)30(37)35-29(23-9-3-2-4-10-23)28-13-7-8-18-32-28/h5-8,11-18,21,23,29,33-34H,2-4,9-10,19-20H2,1H3,(H,35,37)/t29?,31-/m0/s1. The Balaban J connectivity index is 1.43. The molecule has 0 bridgehead atoms. The van der Waals surface area contributed by atoms with Crippen molar-refractivity contribution in [3.63, 3.8) is 0 Å². The van der Waals surface area contributed by atoms with Crippen molar-refractivity contribution in [1.82, 2.24) is 20.6 Å². The Morgan fingerprint density at radius 1 is 1.08 bits per heavy atom. The number of aromatic nitrogens is 2. The first-order valence-corrected chi connectivity index (χ1v) is 13.7. The fourth-order valence-electron chi connectivity index (χ4n) is 5.68. The lowest BCUT2D eigenvalue weighted by molar-refractivity contribution is -0.384. The Morgan fingerprint density at radius 3 is 2.54 bits per heavy atom. The number of nitro groups is 1. The van der Waals surface area contributed by atoms with Crippen LogP contribution in [0, 0.1) is 16.0 Å². The second-order valence-corrected chi connectivity index (χ2v) is 10.7. The highest BCUT2D eigenvalue weighted by Gasteiger charge is 2.37. The van der Waals surface area contributed by atoms with Crippen LogP contribution in [0.2, 0.25) is 0 Å². The van der Waals surface area contributed by atoms with Crippen molar-refractivity contribution < 1.29 is 9.72 Å². The zero-order valence-corrected chi connectivity index (χ0v) is 22.2. The van der Waals surface area contributed by atoms with Crippen molar-refractivity contribution in [3.05, 3.63) is 106 Å². The molecule has 4 aromatic rings. The van der Waals surface area contributed by atoms with E-state index in [4.69, 9.17) is 0 Å². The number of nitrogens with one attached hydrogen (secondary N) is 3. The Morgan fingerprint density at radius 2 is 1.82 bits per heavy atom. The van der Waals surface area contributed by atoms with Gasteiger partial charge in [-0.1, -0.05) is 55.7 Å². The number of rotatable bonds is 10. The summed E-state index contributed by atoms with van der Waals surface area (Å²) in [5, 5.41) is 19.1. The molecular weight excluding hydrogens is 490 g/mol. The lowest BCUT2D eigenvalue weighted by atomic mass is 9.81. The van der Waals surface area contributed by atoms with Gasteiger partial charge in [0.05, 0.1) is 22.2 Å². The number of fused-ring (bicyclic) bond motifs is 1. The smallest absolute Gasteiger partial charge is 0.269 e. The summed E-state index contributed by atoms with van der Waals surface area (Å²) in [6, 6.07) is 20.2. The summed E-state index contributed by atoms with van der Waals surface area (Å²) in [7, 11) is 0. The number of hydrogen-bond acceptors (Lipinski definition) is 5. The van der Waals surface area contributed by atoms with Gasteiger partial charge in [0, 0.05) is 48.4 Å². The number of H-pyrrole nitrogens is 1. The molecule has 0 radical (unpaired) electrons. The molecule has 39 heavy (non-hydrogen) atoms. The number of non-ortho nitro benzene ring substituents is 1. The first kappa shape index (κ1) is 26.6. The van der Waals surface area contributed by atoms with Gasteiger partial charge in [-0.25, -0.2) is 0 Å². The Kier molecular flexibility index (Phi) is 8.02. The minimum atomic E-state index is -0.950. The van der Waals surface area contributed by atoms with Gasteiger partial charge in [-0.3, -0.25) is 25.2 Å². The van der Waals surface area contributed by atoms with E-state index in [-0.39, 0.29) is 17.6 Å². The summed E-state index contributed by atoms with van der Waals surface area (Å²) in [6.07, 6.45) is 9.91. The molecule has 0 aliphatic heterocycles. The Bertz CT molecular complexity index is 1410. The van der Waals surface area contributed by atoms with Crippen LogP contribution in [0.3, 0.4) is 0 Å². The molecule has 8 nitrogen and oxygen atoms in total. The molecule has 2 aromatic carbocycles. The number of hydrogen-bond donors (Lipinski definition) is 3. The maximum Gasteiger partial charge on any atom is 0.269 e. The van der Waals surface area contributed by atoms with Gasteiger partial charge in [-0.05, 0) is 55.0 Å². The third kappa shape index (κ3) is 6.17. The average molecular weight is 526 g/mol. The van der Waals surface area contributed by atoms with Crippen molar-refractivity contribution in [2.24, 2.45) is 5.92 Å². The van der Waals surface area contributed by atoms with E-state index in [2.05, 4.69) is 26.7 Å². The minimum absolute atomic E-state index is 0.0451. The van der Waals surface area contributed by atoms with Crippen LogP contribution in [0.4, 0.5) is 5.69 Å². The molecule has 1 fully saturated rings. The zero-order chi connectivity index (χ0) is 27.2. The third-order valence-corrected chi connectivity index (χ3v) is 7.96. The summed E-state index contributed by atoms with van der Waals surface area (Å²) in [5.74, 6) is 0.250. The fraction of sp³-hybridized carbons (Fsp3) is 0.355. The van der Waals surface area contributed by atoms with Crippen LogP contribution in [-0.4, -0.2) is 26.3 Å². The van der Waals surface area contributed by atoms with Gasteiger partial charge in [-0.15, -0.1) is 0 Å². The van der Waals surface area contributed by atoms with Gasteiger partial charge in [0.25, 0.3) is 5.69 Å². The molecule has 202 valence electrons. The minimum Gasteiger partial charge on any atom is -0.361 e. The Labute approximate surface area is 228 Å². The Hall–Kier alpha value is -4.04. The number of amides is 1. The molecule has 1 aliphatic rings. The van der Waals surface area contributed by atoms with E-state index >= 15 is 0 Å². The summed E-state index contributed by atoms with van der Waals surface area (Å²) >= 11 is 0. The van der Waals surface area contributed by atoms with E-state index in [1.807, 2.05) is 49.5 Å². The molecule has 0 spiro atoms. The molecule has 5 rings (SSSR count). The fourth-order valence-corrected chi connectivity index (χ4v) is 5.68. The van der Waals surface area contributed by atoms with Crippen molar-refractivity contribution in [2.75, 3.05) is 0 Å². The molecule has 3 N–H and O–H groups in total. The summed E-state index contributed by atoms with van der Waals surface area (Å²) in [4.78, 5) is 32.8. The molecular formula is C31H35N5O3. The molecule has 1 aliphatic carbocycles. The number of para-hydroxylation sites is 1. The van der Waals surface area contributed by atoms with E-state index in [0.717, 1.165) is 53.4 Å². The normalized spacial score (nSPS) is 16.4. The quantitative estimate of drug-likeness (QED) is 0.174. The lowest BCUT2D eigenvalue weighted by Crippen LogP contribution is -2.57. The SMILES string of the molecule is C[C@@](Cc1c[nH]c2ccccc12)(NCc1ccc([N+](=O)[O-])cc1)C(=O)NC(c1ccccn1)C1CCCCC1. The van der Waals surface area contributed by atoms with Crippen molar-refractivity contribution in [2.45, 2.75) is 63.6 Å². The van der Waals surface area contributed by atoms with Gasteiger partial charge in [0.15, 0.2) is 0 Å². The van der Waals surface area contributed by atoms with Gasteiger partial charge in [0.2, 0.25) is 5.91 Å². The van der Waals surface area contributed by atoms with E-state index in [1.165, 1.54) is 18.6 Å². The van der Waals surface area contributed by atoms with Crippen LogP contribution in [0.15, 0.2) is 79.1 Å². The molecule has 1 amide bonds. The van der Waals surface area contributed by atoms with Crippen molar-refractivity contribution in [1.29, 1.82) is 0 Å². The van der Waals surface area contributed by atoms with E-state index in [9.17, 15) is 14.9 Å². The molecule has 2 heterocycles. The van der Waals surface area contributed by atoms with Crippen LogP contribution < -0.4 is 10.6 Å². The van der Waals surface area contributed by atoms with Gasteiger partial charge >= 0.3 is 0 Å². The third-order valence-electron chi connectivity index (χ3n) is 7.96. The lowest BCUT2D eigenvalue weighted by Gasteiger charge is -2.35. The first-order chi connectivity index (χ1) is 18.9.